The van der Waals surface area contributed by atoms with Crippen LogP contribution in [-0.4, -0.2) is 62.5 Å². The molecule has 11 heteroatoms. The predicted octanol–water partition coefficient (Wildman–Crippen LogP) is 0.00220. The van der Waals surface area contributed by atoms with Crippen LogP contribution in [0.4, 0.5) is 10.6 Å². The molecule has 4 N–H and O–H groups in total. The Morgan fingerprint density at radius 1 is 1.33 bits per heavy atom. The number of carbonyl (C=O) groups is 1. The number of amides is 1. The van der Waals surface area contributed by atoms with Crippen molar-refractivity contribution < 1.29 is 34.3 Å². The molecule has 162 valence electrons. The zero-order chi connectivity index (χ0) is 21.9. The van der Waals surface area contributed by atoms with Gasteiger partial charge in [-0.2, -0.15) is 4.98 Å². The second-order valence-corrected chi connectivity index (χ2v) is 6.93. The molecule has 2 aromatic rings. The maximum atomic E-state index is 12.4. The van der Waals surface area contributed by atoms with E-state index in [2.05, 4.69) is 10.3 Å². The third kappa shape index (κ3) is 4.44. The number of hydrogen-bond donors (Lipinski definition) is 4. The molecule has 1 aromatic heterocycles. The zero-order valence-corrected chi connectivity index (χ0v) is 16.4. The summed E-state index contributed by atoms with van der Waals surface area (Å²) >= 11 is 0. The van der Waals surface area contributed by atoms with Gasteiger partial charge in [-0.05, 0) is 30.7 Å². The highest BCUT2D eigenvalue weighted by molar-refractivity contribution is 5.83. The molecule has 1 aliphatic heterocycles. The number of aliphatic hydroxyl groups excluding tert-OH is 2. The Labute approximate surface area is 171 Å². The Kier molecular flexibility index (Phi) is 6.37. The SMILES string of the molecule is COc1ccc(COC(=O)Nc2ccn([C@@H]3O[C@H](CO)[C@@H](O)[C@@]3(C)O)c(=O)n2)cc1. The number of nitrogens with zero attached hydrogens (tertiary/aromatic N) is 2. The van der Waals surface area contributed by atoms with Gasteiger partial charge in [0.2, 0.25) is 0 Å². The lowest BCUT2D eigenvalue weighted by atomic mass is 9.96. The Balaban J connectivity index is 1.63. The molecule has 1 aliphatic rings. The van der Waals surface area contributed by atoms with Crippen molar-refractivity contribution in [2.45, 2.75) is 37.6 Å². The molecular formula is C19H23N3O8. The van der Waals surface area contributed by atoms with Crippen molar-refractivity contribution in [3.63, 3.8) is 0 Å². The Bertz CT molecular complexity index is 944. The Morgan fingerprint density at radius 2 is 2.03 bits per heavy atom. The minimum absolute atomic E-state index is 0.00606. The lowest BCUT2D eigenvalue weighted by Crippen LogP contribution is -2.46. The molecule has 1 saturated heterocycles. The number of rotatable bonds is 6. The number of nitrogens with one attached hydrogen (secondary N) is 1. The van der Waals surface area contributed by atoms with Gasteiger partial charge in [-0.1, -0.05) is 12.1 Å². The fourth-order valence-corrected chi connectivity index (χ4v) is 3.06. The highest BCUT2D eigenvalue weighted by Gasteiger charge is 2.53. The molecule has 4 atom stereocenters. The number of anilines is 1. The molecule has 0 radical (unpaired) electrons. The second kappa shape index (κ2) is 8.79. The van der Waals surface area contributed by atoms with Crippen LogP contribution >= 0.6 is 0 Å². The number of carbonyl (C=O) groups excluding carboxylic acids is 1. The minimum Gasteiger partial charge on any atom is -0.497 e. The van der Waals surface area contributed by atoms with Crippen molar-refractivity contribution in [1.82, 2.24) is 9.55 Å². The molecule has 0 spiro atoms. The average molecular weight is 421 g/mol. The Morgan fingerprint density at radius 3 is 2.60 bits per heavy atom. The summed E-state index contributed by atoms with van der Waals surface area (Å²) in [4.78, 5) is 28.0. The normalized spacial score (nSPS) is 25.7. The highest BCUT2D eigenvalue weighted by Crippen LogP contribution is 2.37. The molecule has 30 heavy (non-hydrogen) atoms. The van der Waals surface area contributed by atoms with E-state index < -0.39 is 42.4 Å². The van der Waals surface area contributed by atoms with Crippen LogP contribution in [0.1, 0.15) is 18.7 Å². The number of methoxy groups -OCH3 is 1. The lowest BCUT2D eigenvalue weighted by Gasteiger charge is -2.27. The minimum atomic E-state index is -1.83. The van der Waals surface area contributed by atoms with Gasteiger partial charge in [0.05, 0.1) is 13.7 Å². The van der Waals surface area contributed by atoms with E-state index in [4.69, 9.17) is 14.2 Å². The van der Waals surface area contributed by atoms with Crippen molar-refractivity contribution in [2.24, 2.45) is 0 Å². The molecule has 1 aromatic carbocycles. The summed E-state index contributed by atoms with van der Waals surface area (Å²) in [6, 6.07) is 8.26. The van der Waals surface area contributed by atoms with E-state index in [1.165, 1.54) is 19.2 Å². The van der Waals surface area contributed by atoms with Gasteiger partial charge in [-0.3, -0.25) is 9.88 Å². The lowest BCUT2D eigenvalue weighted by molar-refractivity contribution is -0.0986. The van der Waals surface area contributed by atoms with Crippen molar-refractivity contribution in [1.29, 1.82) is 0 Å². The van der Waals surface area contributed by atoms with Crippen LogP contribution in [0.25, 0.3) is 0 Å². The molecule has 0 bridgehead atoms. The van der Waals surface area contributed by atoms with Crippen molar-refractivity contribution in [2.75, 3.05) is 19.0 Å². The smallest absolute Gasteiger partial charge is 0.413 e. The average Bonchev–Trinajstić information content (AvgIpc) is 2.96. The van der Waals surface area contributed by atoms with Gasteiger partial charge < -0.3 is 29.5 Å². The van der Waals surface area contributed by atoms with E-state index in [-0.39, 0.29) is 12.4 Å². The summed E-state index contributed by atoms with van der Waals surface area (Å²) in [6.45, 7) is 0.759. The van der Waals surface area contributed by atoms with E-state index >= 15 is 0 Å². The third-order valence-electron chi connectivity index (χ3n) is 4.78. The van der Waals surface area contributed by atoms with Gasteiger partial charge in [0.1, 0.15) is 36.0 Å². The van der Waals surface area contributed by atoms with E-state index in [9.17, 15) is 24.9 Å². The maximum absolute atomic E-state index is 12.4. The molecule has 1 fully saturated rings. The summed E-state index contributed by atoms with van der Waals surface area (Å²) in [5.74, 6) is 0.615. The van der Waals surface area contributed by atoms with Crippen molar-refractivity contribution in [3.05, 3.63) is 52.6 Å². The summed E-state index contributed by atoms with van der Waals surface area (Å²) in [5, 5.41) is 32.1. The fraction of sp³-hybridized carbons (Fsp3) is 0.421. The number of benzene rings is 1. The summed E-state index contributed by atoms with van der Waals surface area (Å²) < 4.78 is 16.5. The van der Waals surface area contributed by atoms with E-state index in [0.717, 1.165) is 10.1 Å². The van der Waals surface area contributed by atoms with Crippen LogP contribution in [-0.2, 0) is 16.1 Å². The zero-order valence-electron chi connectivity index (χ0n) is 16.4. The molecule has 3 rings (SSSR count). The van der Waals surface area contributed by atoms with Gasteiger partial charge in [-0.15, -0.1) is 0 Å². The quantitative estimate of drug-likeness (QED) is 0.505. The van der Waals surface area contributed by atoms with Crippen LogP contribution in [0.2, 0.25) is 0 Å². The van der Waals surface area contributed by atoms with Gasteiger partial charge >= 0.3 is 11.8 Å². The van der Waals surface area contributed by atoms with Gasteiger partial charge in [0.15, 0.2) is 6.23 Å². The first-order valence-electron chi connectivity index (χ1n) is 9.09. The van der Waals surface area contributed by atoms with Crippen LogP contribution in [0.15, 0.2) is 41.3 Å². The van der Waals surface area contributed by atoms with E-state index in [1.807, 2.05) is 0 Å². The number of hydrogen-bond acceptors (Lipinski definition) is 9. The summed E-state index contributed by atoms with van der Waals surface area (Å²) in [7, 11) is 1.55. The van der Waals surface area contributed by atoms with E-state index in [0.29, 0.717) is 5.75 Å². The third-order valence-corrected chi connectivity index (χ3v) is 4.78. The molecule has 11 nitrogen and oxygen atoms in total. The molecule has 0 saturated carbocycles. The fourth-order valence-electron chi connectivity index (χ4n) is 3.06. The molecule has 1 amide bonds. The van der Waals surface area contributed by atoms with Gasteiger partial charge in [0.25, 0.3) is 0 Å². The van der Waals surface area contributed by atoms with Crippen LogP contribution < -0.4 is 15.7 Å². The van der Waals surface area contributed by atoms with Crippen LogP contribution in [0.3, 0.4) is 0 Å². The number of aliphatic hydroxyl groups is 3. The standard InChI is InChI=1S/C19H23N3O8/c1-19(27)15(24)13(9-23)30-16(19)22-8-7-14(20-17(22)25)21-18(26)29-10-11-3-5-12(28-2)6-4-11/h3-8,13,15-16,23-24,27H,9-10H2,1-2H3,(H,20,21,25,26)/t13-,15-,16-,19-/m1/s1. The van der Waals surface area contributed by atoms with Crippen LogP contribution in [0.5, 0.6) is 5.75 Å². The second-order valence-electron chi connectivity index (χ2n) is 6.93. The maximum Gasteiger partial charge on any atom is 0.413 e. The van der Waals surface area contributed by atoms with Gasteiger partial charge in [0, 0.05) is 6.20 Å². The molecule has 0 aliphatic carbocycles. The summed E-state index contributed by atoms with van der Waals surface area (Å²) in [5.41, 5.74) is -1.92. The topological polar surface area (TPSA) is 152 Å². The Hall–Kier alpha value is -2.99. The largest absolute Gasteiger partial charge is 0.497 e. The highest BCUT2D eigenvalue weighted by atomic mass is 16.6. The molecule has 2 heterocycles. The van der Waals surface area contributed by atoms with Crippen molar-refractivity contribution in [3.8, 4) is 5.75 Å². The first kappa shape index (κ1) is 21.7. The monoisotopic (exact) mass is 421 g/mol. The predicted molar refractivity (Wildman–Crippen MR) is 103 cm³/mol. The first-order valence-corrected chi connectivity index (χ1v) is 9.09. The molecular weight excluding hydrogens is 398 g/mol. The van der Waals surface area contributed by atoms with Crippen LogP contribution in [0, 0.1) is 0 Å². The number of ether oxygens (including phenoxy) is 3. The summed E-state index contributed by atoms with van der Waals surface area (Å²) in [6.07, 6.45) is -3.27. The van der Waals surface area contributed by atoms with Gasteiger partial charge in [-0.25, -0.2) is 9.59 Å². The number of aromatic nitrogens is 2. The van der Waals surface area contributed by atoms with E-state index in [1.54, 1.807) is 31.4 Å². The first-order chi connectivity index (χ1) is 14.3. The van der Waals surface area contributed by atoms with Crippen molar-refractivity contribution >= 4 is 11.9 Å². The molecule has 0 unspecified atom stereocenters.